The van der Waals surface area contributed by atoms with Crippen LogP contribution in [0.3, 0.4) is 0 Å². The van der Waals surface area contributed by atoms with Crippen molar-refractivity contribution < 1.29 is 14.0 Å². The number of para-hydroxylation sites is 1. The Labute approximate surface area is 204 Å². The molecule has 2 amide bonds. The topological polar surface area (TPSA) is 83.4 Å². The van der Waals surface area contributed by atoms with E-state index in [1.807, 2.05) is 59.7 Å². The van der Waals surface area contributed by atoms with Gasteiger partial charge in [-0.1, -0.05) is 18.2 Å². The largest absolute Gasteiger partial charge is 0.337 e. The van der Waals surface area contributed by atoms with E-state index in [0.717, 1.165) is 48.1 Å². The van der Waals surface area contributed by atoms with Crippen LogP contribution in [-0.4, -0.2) is 69.9 Å². The molecule has 0 bridgehead atoms. The molecule has 3 heterocycles. The number of nitrogens with one attached hydrogen (secondary N) is 1. The average Bonchev–Trinajstić information content (AvgIpc) is 3.01. The summed E-state index contributed by atoms with van der Waals surface area (Å²) < 4.78 is 15.7. The van der Waals surface area contributed by atoms with Gasteiger partial charge in [0.15, 0.2) is 0 Å². The summed E-state index contributed by atoms with van der Waals surface area (Å²) in [7, 11) is 3.91. The Balaban J connectivity index is 1.68. The number of nitrogens with zero attached hydrogens (tertiary/aromatic N) is 5. The molecule has 9 heteroatoms. The summed E-state index contributed by atoms with van der Waals surface area (Å²) in [5.41, 5.74) is 2.81. The second-order valence-electron chi connectivity index (χ2n) is 9.19. The molecule has 0 saturated carbocycles. The molecule has 1 atom stereocenters. The molecular weight excluding hydrogens is 447 g/mol. The van der Waals surface area contributed by atoms with Crippen LogP contribution in [0.25, 0.3) is 11.0 Å². The minimum atomic E-state index is -0.581. The first kappa shape index (κ1) is 24.5. The van der Waals surface area contributed by atoms with Crippen molar-refractivity contribution in [2.75, 3.05) is 39.0 Å². The lowest BCUT2D eigenvalue weighted by atomic mass is 10.1. The monoisotopic (exact) mass is 478 g/mol. The van der Waals surface area contributed by atoms with Crippen molar-refractivity contribution in [3.8, 4) is 0 Å². The number of fused-ring (bicyclic) bond motifs is 1. The molecule has 1 aliphatic heterocycles. The van der Waals surface area contributed by atoms with Gasteiger partial charge >= 0.3 is 0 Å². The fraction of sp³-hybridized carbons (Fsp3) is 0.385. The van der Waals surface area contributed by atoms with Gasteiger partial charge in [-0.15, -0.1) is 0 Å². The minimum absolute atomic E-state index is 0.0173. The van der Waals surface area contributed by atoms with Crippen LogP contribution in [0.2, 0.25) is 0 Å². The number of carbonyl (C=O) groups is 2. The van der Waals surface area contributed by atoms with Gasteiger partial charge in [0.25, 0.3) is 5.91 Å². The maximum Gasteiger partial charge on any atom is 0.259 e. The third-order valence-corrected chi connectivity index (χ3v) is 6.16. The number of likely N-dealkylation sites (tertiary alicyclic amines) is 1. The Morgan fingerprint density at radius 1 is 1.26 bits per heavy atom. The Bertz CT molecular complexity index is 1250. The molecule has 35 heavy (non-hydrogen) atoms. The van der Waals surface area contributed by atoms with Gasteiger partial charge in [-0.3, -0.25) is 19.9 Å². The number of likely N-dealkylation sites (N-methyl/N-ethyl adjacent to an activating group) is 1. The predicted molar refractivity (Wildman–Crippen MR) is 134 cm³/mol. The minimum Gasteiger partial charge on any atom is -0.337 e. The number of pyridine rings is 1. The van der Waals surface area contributed by atoms with E-state index in [1.54, 1.807) is 6.08 Å². The zero-order chi connectivity index (χ0) is 24.9. The Morgan fingerprint density at radius 3 is 2.86 bits per heavy atom. The van der Waals surface area contributed by atoms with Crippen LogP contribution in [0.15, 0.2) is 48.8 Å². The zero-order valence-corrected chi connectivity index (χ0v) is 20.4. The quantitative estimate of drug-likeness (QED) is 0.545. The highest BCUT2D eigenvalue weighted by molar-refractivity contribution is 6.04. The maximum absolute atomic E-state index is 13.6. The van der Waals surface area contributed by atoms with E-state index in [0.29, 0.717) is 25.6 Å². The van der Waals surface area contributed by atoms with Gasteiger partial charge in [0.2, 0.25) is 11.9 Å². The smallest absolute Gasteiger partial charge is 0.259 e. The Kier molecular flexibility index (Phi) is 7.55. The Morgan fingerprint density at radius 2 is 2.09 bits per heavy atom. The number of amides is 2. The number of hydrogen-bond donors (Lipinski definition) is 1. The summed E-state index contributed by atoms with van der Waals surface area (Å²) in [6, 6.07) is 6.91. The summed E-state index contributed by atoms with van der Waals surface area (Å²) in [4.78, 5) is 38.2. The lowest BCUT2D eigenvalue weighted by Gasteiger charge is -2.26. The van der Waals surface area contributed by atoms with Gasteiger partial charge in [0.05, 0.1) is 28.8 Å². The van der Waals surface area contributed by atoms with Crippen LogP contribution in [-0.2, 0) is 4.79 Å². The van der Waals surface area contributed by atoms with E-state index in [1.165, 1.54) is 6.20 Å². The van der Waals surface area contributed by atoms with Crippen molar-refractivity contribution in [1.82, 2.24) is 24.3 Å². The van der Waals surface area contributed by atoms with Crippen molar-refractivity contribution in [2.45, 2.75) is 32.2 Å². The van der Waals surface area contributed by atoms with Crippen molar-refractivity contribution >= 4 is 28.8 Å². The molecule has 1 N–H and O–H groups in total. The van der Waals surface area contributed by atoms with Crippen molar-refractivity contribution in [2.24, 2.45) is 0 Å². The molecular formula is C26H31FN6O2. The highest BCUT2D eigenvalue weighted by Crippen LogP contribution is 2.32. The average molecular weight is 479 g/mol. The molecule has 0 aliphatic carbocycles. The molecule has 3 aromatic rings. The molecule has 4 rings (SSSR count). The second kappa shape index (κ2) is 10.8. The molecule has 1 fully saturated rings. The van der Waals surface area contributed by atoms with Crippen LogP contribution >= 0.6 is 0 Å². The lowest BCUT2D eigenvalue weighted by Crippen LogP contribution is -2.35. The highest BCUT2D eigenvalue weighted by Gasteiger charge is 2.27. The van der Waals surface area contributed by atoms with Gasteiger partial charge in [-0.05, 0) is 58.0 Å². The van der Waals surface area contributed by atoms with Crippen molar-refractivity contribution in [1.29, 1.82) is 0 Å². The molecule has 1 aromatic carbocycles. The number of benzene rings is 1. The summed E-state index contributed by atoms with van der Waals surface area (Å²) in [5, 5.41) is 2.86. The third kappa shape index (κ3) is 5.74. The third-order valence-electron chi connectivity index (χ3n) is 6.16. The molecule has 0 radical (unpaired) electrons. The summed E-state index contributed by atoms with van der Waals surface area (Å²) >= 11 is 0. The zero-order valence-electron chi connectivity index (χ0n) is 20.4. The molecule has 2 aromatic heterocycles. The first-order chi connectivity index (χ1) is 16.8. The summed E-state index contributed by atoms with van der Waals surface area (Å²) in [6.45, 7) is 3.89. The lowest BCUT2D eigenvalue weighted by molar-refractivity contribution is -0.126. The number of anilines is 1. The first-order valence-electron chi connectivity index (χ1n) is 11.8. The fourth-order valence-electron chi connectivity index (χ4n) is 4.47. The van der Waals surface area contributed by atoms with E-state index < -0.39 is 11.7 Å². The van der Waals surface area contributed by atoms with E-state index >= 15 is 0 Å². The van der Waals surface area contributed by atoms with E-state index in [9.17, 15) is 14.0 Å². The number of carbonyl (C=O) groups excluding carboxylic acids is 2. The number of aryl methyl sites for hydroxylation is 1. The maximum atomic E-state index is 13.6. The molecule has 1 saturated heterocycles. The number of rotatable bonds is 6. The number of hydrogen-bond acceptors (Lipinski definition) is 5. The van der Waals surface area contributed by atoms with Gasteiger partial charge in [-0.25, -0.2) is 9.37 Å². The first-order valence-corrected chi connectivity index (χ1v) is 11.8. The van der Waals surface area contributed by atoms with Gasteiger partial charge < -0.3 is 14.4 Å². The van der Waals surface area contributed by atoms with Crippen LogP contribution in [0, 0.1) is 12.7 Å². The number of halogens is 1. The second-order valence-corrected chi connectivity index (χ2v) is 9.19. The molecule has 8 nitrogen and oxygen atoms in total. The predicted octanol–water partition coefficient (Wildman–Crippen LogP) is 3.80. The van der Waals surface area contributed by atoms with Gasteiger partial charge in [0, 0.05) is 31.9 Å². The van der Waals surface area contributed by atoms with E-state index in [4.69, 9.17) is 4.98 Å². The van der Waals surface area contributed by atoms with Crippen LogP contribution < -0.4 is 5.32 Å². The van der Waals surface area contributed by atoms with Crippen LogP contribution in [0.5, 0.6) is 0 Å². The standard InChI is InChI=1S/C26H31FN6O2/c1-18-8-6-10-22-24(18)33(26(29-22)30-25(35)19-14-20(27)16-28-15-19)21-9-4-5-13-32(17-21)23(34)11-7-12-31(2)3/h6-8,10-11,14-16,21H,4-5,9,12-13,17H2,1-3H3,(H,29,30,35)/t21-/m1/s1. The molecule has 0 spiro atoms. The van der Waals surface area contributed by atoms with Crippen LogP contribution in [0.4, 0.5) is 10.3 Å². The van der Waals surface area contributed by atoms with Gasteiger partial charge in [-0.2, -0.15) is 0 Å². The van der Waals surface area contributed by atoms with Crippen molar-refractivity contribution in [3.05, 3.63) is 65.8 Å². The number of imidazole rings is 1. The molecule has 184 valence electrons. The molecule has 1 aliphatic rings. The Hall–Kier alpha value is -3.59. The fourth-order valence-corrected chi connectivity index (χ4v) is 4.47. The molecule has 0 unspecified atom stereocenters. The van der Waals surface area contributed by atoms with Crippen molar-refractivity contribution in [3.63, 3.8) is 0 Å². The van der Waals surface area contributed by atoms with E-state index in [-0.39, 0.29) is 17.5 Å². The normalized spacial score (nSPS) is 16.7. The SMILES string of the molecule is Cc1cccc2nc(NC(=O)c3cncc(F)c3)n([C@@H]3CCCCN(C(=O)C=CCN(C)C)C3)c12. The van der Waals surface area contributed by atoms with E-state index in [2.05, 4.69) is 10.3 Å². The highest BCUT2D eigenvalue weighted by atomic mass is 19.1. The van der Waals surface area contributed by atoms with Gasteiger partial charge in [0.1, 0.15) is 5.82 Å². The summed E-state index contributed by atoms with van der Waals surface area (Å²) in [6.07, 6.45) is 8.59. The summed E-state index contributed by atoms with van der Waals surface area (Å²) in [5.74, 6) is -0.705. The number of aromatic nitrogens is 3. The van der Waals surface area contributed by atoms with Crippen LogP contribution in [0.1, 0.15) is 41.2 Å².